The molecule has 0 bridgehead atoms. The van der Waals surface area contributed by atoms with E-state index in [9.17, 15) is 19.2 Å². The molecule has 5 rings (SSSR count). The van der Waals surface area contributed by atoms with E-state index >= 15 is 0 Å². The first-order valence-corrected chi connectivity index (χ1v) is 12.0. The molecular weight excluding hydrogens is 422 g/mol. The molecule has 4 heterocycles. The van der Waals surface area contributed by atoms with Crippen molar-refractivity contribution in [1.82, 2.24) is 24.7 Å². The Kier molecular flexibility index (Phi) is 5.82. The molecule has 3 saturated heterocycles. The Hall–Kier alpha value is -2.94. The van der Waals surface area contributed by atoms with Gasteiger partial charge in [0.15, 0.2) is 0 Å². The minimum absolute atomic E-state index is 0.153. The van der Waals surface area contributed by atoms with Crippen LogP contribution in [0, 0.1) is 5.92 Å². The molecule has 1 aromatic heterocycles. The van der Waals surface area contributed by atoms with Crippen LogP contribution in [0.3, 0.4) is 0 Å². The predicted molar refractivity (Wildman–Crippen MR) is 123 cm³/mol. The van der Waals surface area contributed by atoms with Crippen molar-refractivity contribution in [3.8, 4) is 0 Å². The Labute approximate surface area is 192 Å². The Morgan fingerprint density at radius 1 is 0.970 bits per heavy atom. The number of nitrogens with one attached hydrogen (secondary N) is 2. The van der Waals surface area contributed by atoms with Gasteiger partial charge in [-0.05, 0) is 68.8 Å². The smallest absolute Gasteiger partial charge is 0.329 e. The summed E-state index contributed by atoms with van der Waals surface area (Å²) in [6, 6.07) is 5.34. The molecule has 0 radical (unpaired) electrons. The monoisotopic (exact) mass is 453 g/mol. The van der Waals surface area contributed by atoms with Gasteiger partial charge < -0.3 is 10.2 Å². The van der Waals surface area contributed by atoms with Crippen LogP contribution in [-0.4, -0.2) is 57.9 Å². The van der Waals surface area contributed by atoms with Gasteiger partial charge in [0.1, 0.15) is 6.04 Å². The highest BCUT2D eigenvalue weighted by molar-refractivity contribution is 6.00. The number of imidazole rings is 1. The number of imide groups is 1. The molecule has 0 saturated carbocycles. The molecule has 1 unspecified atom stereocenters. The third kappa shape index (κ3) is 3.99. The van der Waals surface area contributed by atoms with Gasteiger partial charge in [-0.25, -0.2) is 4.79 Å². The van der Waals surface area contributed by atoms with Gasteiger partial charge in [0.2, 0.25) is 17.7 Å². The summed E-state index contributed by atoms with van der Waals surface area (Å²) >= 11 is 0. The fourth-order valence-electron chi connectivity index (χ4n) is 5.62. The van der Waals surface area contributed by atoms with E-state index in [0.717, 1.165) is 62.9 Å². The summed E-state index contributed by atoms with van der Waals surface area (Å²) in [5.41, 5.74) is 2.40. The van der Waals surface area contributed by atoms with Crippen LogP contribution in [0.4, 0.5) is 0 Å². The lowest BCUT2D eigenvalue weighted by Crippen LogP contribution is -2.44. The number of benzene rings is 1. The minimum Gasteiger partial charge on any atom is -0.342 e. The second-order valence-electron chi connectivity index (χ2n) is 9.55. The summed E-state index contributed by atoms with van der Waals surface area (Å²) < 4.78 is 3.10. The molecule has 3 aliphatic rings. The van der Waals surface area contributed by atoms with Crippen LogP contribution in [0.15, 0.2) is 23.0 Å². The summed E-state index contributed by atoms with van der Waals surface area (Å²) in [5.74, 6) is 0.0721. The summed E-state index contributed by atoms with van der Waals surface area (Å²) in [7, 11) is 1.72. The number of nitrogens with zero attached hydrogens (tertiary/aromatic N) is 3. The van der Waals surface area contributed by atoms with Gasteiger partial charge in [-0.1, -0.05) is 6.07 Å². The number of rotatable bonds is 3. The molecule has 1 atom stereocenters. The zero-order valence-corrected chi connectivity index (χ0v) is 19.0. The maximum atomic E-state index is 13.0. The number of hydrogen-bond acceptors (Lipinski definition) is 5. The largest absolute Gasteiger partial charge is 0.342 e. The van der Waals surface area contributed by atoms with Crippen LogP contribution in [-0.2, 0) is 21.4 Å². The normalized spacial score (nSPS) is 23.2. The zero-order valence-electron chi connectivity index (χ0n) is 19.0. The van der Waals surface area contributed by atoms with E-state index in [4.69, 9.17) is 0 Å². The highest BCUT2D eigenvalue weighted by Gasteiger charge is 2.32. The number of carbonyl (C=O) groups is 3. The van der Waals surface area contributed by atoms with E-state index < -0.39 is 11.9 Å². The van der Waals surface area contributed by atoms with Crippen LogP contribution in [0.5, 0.6) is 0 Å². The average Bonchev–Trinajstić information content (AvgIpc) is 3.09. The van der Waals surface area contributed by atoms with Crippen molar-refractivity contribution in [2.45, 2.75) is 50.5 Å². The summed E-state index contributed by atoms with van der Waals surface area (Å²) in [6.45, 7) is 3.37. The molecule has 176 valence electrons. The average molecular weight is 454 g/mol. The number of fused-ring (bicyclic) bond motifs is 1. The summed E-state index contributed by atoms with van der Waals surface area (Å²) in [6.07, 6.45) is 4.22. The fourth-order valence-corrected chi connectivity index (χ4v) is 5.62. The minimum atomic E-state index is -0.672. The Bertz CT molecular complexity index is 1150. The molecule has 2 aromatic rings. The molecule has 2 N–H and O–H groups in total. The van der Waals surface area contributed by atoms with Crippen molar-refractivity contribution in [2.24, 2.45) is 13.0 Å². The maximum absolute atomic E-state index is 13.0. The van der Waals surface area contributed by atoms with Crippen LogP contribution in [0.1, 0.15) is 56.0 Å². The van der Waals surface area contributed by atoms with Crippen molar-refractivity contribution in [1.29, 1.82) is 0 Å². The molecule has 0 aliphatic carbocycles. The lowest BCUT2D eigenvalue weighted by molar-refractivity contribution is -0.138. The highest BCUT2D eigenvalue weighted by Crippen LogP contribution is 2.32. The molecular formula is C24H31N5O4. The number of aromatic nitrogens is 2. The predicted octanol–water partition coefficient (Wildman–Crippen LogP) is 1.02. The number of aryl methyl sites for hydroxylation is 1. The third-order valence-corrected chi connectivity index (χ3v) is 7.60. The topological polar surface area (TPSA) is 105 Å². The van der Waals surface area contributed by atoms with Gasteiger partial charge >= 0.3 is 5.69 Å². The molecule has 0 spiro atoms. The molecule has 3 aliphatic heterocycles. The van der Waals surface area contributed by atoms with Crippen molar-refractivity contribution < 1.29 is 14.4 Å². The van der Waals surface area contributed by atoms with Crippen molar-refractivity contribution in [3.63, 3.8) is 0 Å². The van der Waals surface area contributed by atoms with Crippen LogP contribution >= 0.6 is 0 Å². The van der Waals surface area contributed by atoms with E-state index in [1.54, 1.807) is 11.6 Å². The van der Waals surface area contributed by atoms with E-state index in [1.807, 2.05) is 23.1 Å². The number of likely N-dealkylation sites (tertiary alicyclic amines) is 1. The van der Waals surface area contributed by atoms with E-state index in [2.05, 4.69) is 10.6 Å². The fraction of sp³-hybridized carbons (Fsp3) is 0.583. The summed E-state index contributed by atoms with van der Waals surface area (Å²) in [5, 5.41) is 5.66. The lowest BCUT2D eigenvalue weighted by Gasteiger charge is -2.35. The van der Waals surface area contributed by atoms with Crippen molar-refractivity contribution >= 4 is 28.8 Å². The number of hydrogen-bond donors (Lipinski definition) is 2. The first-order chi connectivity index (χ1) is 15.9. The zero-order chi connectivity index (χ0) is 23.1. The SMILES string of the molecule is Cn1c(=O)n(C2CCC(=O)NC2=O)c2ccc(C3CCN(C(=O)C4CCNCC4)CC3)cc21. The lowest BCUT2D eigenvalue weighted by atomic mass is 9.88. The van der Waals surface area contributed by atoms with E-state index in [-0.39, 0.29) is 23.9 Å². The number of carbonyl (C=O) groups excluding carboxylic acids is 3. The first kappa shape index (κ1) is 21.9. The molecule has 3 amide bonds. The Morgan fingerprint density at radius 2 is 1.70 bits per heavy atom. The van der Waals surface area contributed by atoms with E-state index in [1.165, 1.54) is 4.57 Å². The first-order valence-electron chi connectivity index (χ1n) is 12.0. The Balaban J connectivity index is 1.34. The standard InChI is InChI=1S/C24H31N5O4/c1-27-20-14-17(15-8-12-28(13-9-15)23(32)16-6-10-25-11-7-16)2-3-18(20)29(24(27)33)19-4-5-21(30)26-22(19)31/h2-3,14-16,19,25H,4-13H2,1H3,(H,26,30,31). The van der Waals surface area contributed by atoms with Gasteiger partial charge in [0.05, 0.1) is 11.0 Å². The molecule has 33 heavy (non-hydrogen) atoms. The Morgan fingerprint density at radius 3 is 2.39 bits per heavy atom. The molecule has 1 aromatic carbocycles. The van der Waals surface area contributed by atoms with Crippen molar-refractivity contribution in [3.05, 3.63) is 34.2 Å². The van der Waals surface area contributed by atoms with Gasteiger partial charge in [-0.3, -0.25) is 28.8 Å². The molecule has 9 heteroatoms. The maximum Gasteiger partial charge on any atom is 0.329 e. The number of amides is 3. The second kappa shape index (κ2) is 8.78. The van der Waals surface area contributed by atoms with Crippen molar-refractivity contribution in [2.75, 3.05) is 26.2 Å². The van der Waals surface area contributed by atoms with Gasteiger partial charge in [-0.2, -0.15) is 0 Å². The molecule has 3 fully saturated rings. The van der Waals surface area contributed by atoms with Crippen LogP contribution < -0.4 is 16.3 Å². The van der Waals surface area contributed by atoms with Gasteiger partial charge in [0, 0.05) is 32.5 Å². The second-order valence-corrected chi connectivity index (χ2v) is 9.55. The molecule has 9 nitrogen and oxygen atoms in total. The van der Waals surface area contributed by atoms with Gasteiger partial charge in [-0.15, -0.1) is 0 Å². The third-order valence-electron chi connectivity index (χ3n) is 7.60. The quantitative estimate of drug-likeness (QED) is 0.676. The highest BCUT2D eigenvalue weighted by atomic mass is 16.2. The van der Waals surface area contributed by atoms with Gasteiger partial charge in [0.25, 0.3) is 0 Å². The van der Waals surface area contributed by atoms with Crippen LogP contribution in [0.25, 0.3) is 11.0 Å². The van der Waals surface area contributed by atoms with Crippen LogP contribution in [0.2, 0.25) is 0 Å². The summed E-state index contributed by atoms with van der Waals surface area (Å²) in [4.78, 5) is 51.8. The van der Waals surface area contributed by atoms with E-state index in [0.29, 0.717) is 23.8 Å². The number of piperidine rings is 3.